The van der Waals surface area contributed by atoms with E-state index in [0.717, 1.165) is 17.1 Å². The lowest BCUT2D eigenvalue weighted by Gasteiger charge is -2.20. The Morgan fingerprint density at radius 1 is 1.30 bits per heavy atom. The third kappa shape index (κ3) is 2.57. The van der Waals surface area contributed by atoms with E-state index in [4.69, 9.17) is 14.2 Å². The fourth-order valence-corrected chi connectivity index (χ4v) is 2.45. The maximum Gasteiger partial charge on any atom is 0.324 e. The molecule has 2 heterocycles. The van der Waals surface area contributed by atoms with E-state index in [1.807, 2.05) is 18.2 Å². The van der Waals surface area contributed by atoms with Crippen LogP contribution in [0.3, 0.4) is 0 Å². The number of hydrazine groups is 1. The molecule has 6 nitrogen and oxygen atoms in total. The Balaban J connectivity index is 1.70. The maximum absolute atomic E-state index is 11.7. The number of hydrogen-bond donors (Lipinski definition) is 2. The van der Waals surface area contributed by atoms with Crippen LogP contribution in [0.15, 0.2) is 18.2 Å². The number of fused-ring (bicyclic) bond motifs is 1. The molecule has 0 amide bonds. The van der Waals surface area contributed by atoms with E-state index in [-0.39, 0.29) is 18.1 Å². The summed E-state index contributed by atoms with van der Waals surface area (Å²) in [7, 11) is 0. The van der Waals surface area contributed by atoms with E-state index in [9.17, 15) is 4.79 Å². The van der Waals surface area contributed by atoms with Crippen molar-refractivity contribution in [2.45, 2.75) is 25.4 Å². The molecule has 108 valence electrons. The van der Waals surface area contributed by atoms with Gasteiger partial charge in [-0.1, -0.05) is 6.07 Å². The number of benzene rings is 1. The lowest BCUT2D eigenvalue weighted by molar-refractivity contribution is -0.145. The first-order valence-corrected chi connectivity index (χ1v) is 6.85. The molecule has 2 aliphatic heterocycles. The van der Waals surface area contributed by atoms with Gasteiger partial charge in [0.25, 0.3) is 0 Å². The molecule has 3 rings (SSSR count). The van der Waals surface area contributed by atoms with Crippen molar-refractivity contribution in [1.82, 2.24) is 10.9 Å². The van der Waals surface area contributed by atoms with Gasteiger partial charge in [-0.2, -0.15) is 0 Å². The van der Waals surface area contributed by atoms with Crippen LogP contribution in [0.1, 0.15) is 24.9 Å². The largest absolute Gasteiger partial charge is 0.486 e. The van der Waals surface area contributed by atoms with E-state index in [2.05, 4.69) is 10.9 Å². The molecule has 0 aliphatic carbocycles. The molecule has 0 saturated carbocycles. The molecule has 0 aromatic heterocycles. The summed E-state index contributed by atoms with van der Waals surface area (Å²) in [6.07, 6.45) is 0.651. The fraction of sp³-hybridized carbons (Fsp3) is 0.500. The molecule has 2 N–H and O–H groups in total. The van der Waals surface area contributed by atoms with Crippen LogP contribution in [0.4, 0.5) is 0 Å². The predicted octanol–water partition coefficient (Wildman–Crippen LogP) is 0.928. The molecule has 0 spiro atoms. The highest BCUT2D eigenvalue weighted by Gasteiger charge is 2.31. The third-order valence-corrected chi connectivity index (χ3v) is 3.44. The topological polar surface area (TPSA) is 68.8 Å². The summed E-state index contributed by atoms with van der Waals surface area (Å²) in [6.45, 7) is 3.35. The summed E-state index contributed by atoms with van der Waals surface area (Å²) in [5.74, 6) is 1.31. The highest BCUT2D eigenvalue weighted by atomic mass is 16.6. The van der Waals surface area contributed by atoms with Crippen molar-refractivity contribution in [1.29, 1.82) is 0 Å². The van der Waals surface area contributed by atoms with Gasteiger partial charge >= 0.3 is 5.97 Å². The van der Waals surface area contributed by atoms with E-state index in [1.54, 1.807) is 6.92 Å². The molecule has 1 aromatic rings. The van der Waals surface area contributed by atoms with Gasteiger partial charge in [0.1, 0.15) is 19.3 Å². The Labute approximate surface area is 117 Å². The number of ether oxygens (including phenoxy) is 3. The first-order chi connectivity index (χ1) is 9.78. The smallest absolute Gasteiger partial charge is 0.324 e. The molecule has 2 atom stereocenters. The van der Waals surface area contributed by atoms with E-state index in [0.29, 0.717) is 26.2 Å². The fourth-order valence-electron chi connectivity index (χ4n) is 2.45. The number of hydrogen-bond acceptors (Lipinski definition) is 6. The van der Waals surface area contributed by atoms with Crippen LogP contribution in [-0.4, -0.2) is 31.8 Å². The minimum atomic E-state index is -0.312. The summed E-state index contributed by atoms with van der Waals surface area (Å²) in [4.78, 5) is 11.7. The monoisotopic (exact) mass is 278 g/mol. The van der Waals surface area contributed by atoms with E-state index in [1.165, 1.54) is 0 Å². The van der Waals surface area contributed by atoms with Gasteiger partial charge in [-0.15, -0.1) is 0 Å². The maximum atomic E-state index is 11.7. The molecule has 1 aromatic carbocycles. The van der Waals surface area contributed by atoms with Gasteiger partial charge in [0, 0.05) is 6.04 Å². The standard InChI is InChI=1S/C14H18N2O4/c1-2-18-14(17)11-8-10(15-16-11)9-3-4-12-13(7-9)20-6-5-19-12/h3-4,7,10-11,15-16H,2,5-6,8H2,1H3. The number of nitrogens with one attached hydrogen (secondary N) is 2. The molecule has 20 heavy (non-hydrogen) atoms. The zero-order valence-electron chi connectivity index (χ0n) is 11.3. The summed E-state index contributed by atoms with van der Waals surface area (Å²) in [5, 5.41) is 0. The summed E-state index contributed by atoms with van der Waals surface area (Å²) in [6, 6.07) is 5.60. The summed E-state index contributed by atoms with van der Waals surface area (Å²) >= 11 is 0. The molecule has 1 saturated heterocycles. The van der Waals surface area contributed by atoms with E-state index >= 15 is 0 Å². The highest BCUT2D eigenvalue weighted by Crippen LogP contribution is 2.34. The molecular formula is C14H18N2O4. The second kappa shape index (κ2) is 5.68. The Morgan fingerprint density at radius 2 is 2.10 bits per heavy atom. The van der Waals surface area contributed by atoms with Crippen LogP contribution < -0.4 is 20.3 Å². The van der Waals surface area contributed by atoms with Gasteiger partial charge in [0.05, 0.1) is 6.61 Å². The molecule has 0 radical (unpaired) electrons. The summed E-state index contributed by atoms with van der Waals surface area (Å²) in [5.41, 5.74) is 7.16. The lowest BCUT2D eigenvalue weighted by Crippen LogP contribution is -2.37. The molecule has 6 heteroatoms. The molecular weight excluding hydrogens is 260 g/mol. The lowest BCUT2D eigenvalue weighted by atomic mass is 10.0. The summed E-state index contributed by atoms with van der Waals surface area (Å²) < 4.78 is 16.1. The number of carbonyl (C=O) groups excluding carboxylic acids is 1. The second-order valence-corrected chi connectivity index (χ2v) is 4.78. The Morgan fingerprint density at radius 3 is 2.90 bits per heavy atom. The van der Waals surface area contributed by atoms with Gasteiger partial charge in [0.15, 0.2) is 11.5 Å². The normalized spacial score (nSPS) is 24.4. The van der Waals surface area contributed by atoms with Crippen LogP contribution in [-0.2, 0) is 9.53 Å². The Hall–Kier alpha value is -1.79. The predicted molar refractivity (Wildman–Crippen MR) is 71.5 cm³/mol. The minimum absolute atomic E-state index is 0.0558. The van der Waals surface area contributed by atoms with E-state index < -0.39 is 0 Å². The van der Waals surface area contributed by atoms with Crippen LogP contribution in [0.25, 0.3) is 0 Å². The van der Waals surface area contributed by atoms with Crippen LogP contribution in [0.5, 0.6) is 11.5 Å². The van der Waals surface area contributed by atoms with Gasteiger partial charge in [-0.25, -0.2) is 10.9 Å². The average molecular weight is 278 g/mol. The zero-order valence-corrected chi connectivity index (χ0v) is 11.3. The minimum Gasteiger partial charge on any atom is -0.486 e. The first kappa shape index (κ1) is 13.2. The van der Waals surface area contributed by atoms with Crippen LogP contribution >= 0.6 is 0 Å². The van der Waals surface area contributed by atoms with Crippen molar-refractivity contribution >= 4 is 5.97 Å². The van der Waals surface area contributed by atoms with Gasteiger partial charge in [-0.05, 0) is 31.0 Å². The van der Waals surface area contributed by atoms with Crippen LogP contribution in [0.2, 0.25) is 0 Å². The average Bonchev–Trinajstić information content (AvgIpc) is 2.97. The number of rotatable bonds is 3. The first-order valence-electron chi connectivity index (χ1n) is 6.85. The molecule has 2 unspecified atom stereocenters. The van der Waals surface area contributed by atoms with Crippen molar-refractivity contribution in [2.24, 2.45) is 0 Å². The van der Waals surface area contributed by atoms with Crippen molar-refractivity contribution in [3.8, 4) is 11.5 Å². The second-order valence-electron chi connectivity index (χ2n) is 4.78. The van der Waals surface area contributed by atoms with Crippen molar-refractivity contribution in [2.75, 3.05) is 19.8 Å². The van der Waals surface area contributed by atoms with Crippen molar-refractivity contribution < 1.29 is 19.0 Å². The zero-order chi connectivity index (χ0) is 13.9. The molecule has 1 fully saturated rings. The van der Waals surface area contributed by atoms with Gasteiger partial charge in [0.2, 0.25) is 0 Å². The van der Waals surface area contributed by atoms with Crippen molar-refractivity contribution in [3.63, 3.8) is 0 Å². The molecule has 2 aliphatic rings. The Bertz CT molecular complexity index is 506. The molecule has 0 bridgehead atoms. The number of esters is 1. The number of carbonyl (C=O) groups is 1. The van der Waals surface area contributed by atoms with Gasteiger partial charge in [-0.3, -0.25) is 4.79 Å². The van der Waals surface area contributed by atoms with Crippen molar-refractivity contribution in [3.05, 3.63) is 23.8 Å². The third-order valence-electron chi connectivity index (χ3n) is 3.44. The van der Waals surface area contributed by atoms with Gasteiger partial charge < -0.3 is 14.2 Å². The Kier molecular flexibility index (Phi) is 3.75. The highest BCUT2D eigenvalue weighted by molar-refractivity contribution is 5.76. The SMILES string of the molecule is CCOC(=O)C1CC(c2ccc3c(c2)OCCO3)NN1. The van der Waals surface area contributed by atoms with Crippen LogP contribution in [0, 0.1) is 0 Å². The quantitative estimate of drug-likeness (QED) is 0.802.